The number of halogens is 2. The summed E-state index contributed by atoms with van der Waals surface area (Å²) in [5.74, 6) is 2.11. The molecule has 0 spiro atoms. The van der Waals surface area contributed by atoms with Crippen LogP contribution in [0.5, 0.6) is 5.75 Å². The lowest BCUT2D eigenvalue weighted by molar-refractivity contribution is -0.134. The maximum atomic E-state index is 11.3. The minimum absolute atomic E-state index is 0.150. The van der Waals surface area contributed by atoms with Gasteiger partial charge in [0.05, 0.1) is 16.5 Å². The normalized spacial score (nSPS) is 9.62. The standard InChI is InChI=1S/C12H10Cl2O2/c1-3-4-5-11(15)16-12-9(13)6-8(2)7-10(12)14/h1,6-7H,4-5H2,2H3. The number of carbonyl (C=O) groups is 1. The molecule has 0 bridgehead atoms. The van der Waals surface area contributed by atoms with Crippen molar-refractivity contribution in [1.29, 1.82) is 0 Å². The second kappa shape index (κ2) is 5.79. The summed E-state index contributed by atoms with van der Waals surface area (Å²) in [6.07, 6.45) is 5.52. The van der Waals surface area contributed by atoms with Crippen molar-refractivity contribution in [2.75, 3.05) is 0 Å². The quantitative estimate of drug-likeness (QED) is 0.469. The molecule has 16 heavy (non-hydrogen) atoms. The number of ether oxygens (including phenoxy) is 1. The van der Waals surface area contributed by atoms with Gasteiger partial charge in [0.15, 0.2) is 5.75 Å². The van der Waals surface area contributed by atoms with Gasteiger partial charge in [-0.2, -0.15) is 0 Å². The third-order valence-electron chi connectivity index (χ3n) is 1.83. The van der Waals surface area contributed by atoms with Gasteiger partial charge in [-0.3, -0.25) is 4.79 Å². The van der Waals surface area contributed by atoms with Gasteiger partial charge in [0.1, 0.15) is 0 Å². The summed E-state index contributed by atoms with van der Waals surface area (Å²) in [5, 5.41) is 0.637. The minimum Gasteiger partial charge on any atom is -0.423 e. The number of benzene rings is 1. The first-order valence-electron chi connectivity index (χ1n) is 4.64. The van der Waals surface area contributed by atoms with Gasteiger partial charge in [0.25, 0.3) is 0 Å². The molecule has 0 saturated carbocycles. The van der Waals surface area contributed by atoms with E-state index in [1.54, 1.807) is 12.1 Å². The van der Waals surface area contributed by atoms with Crippen molar-refractivity contribution < 1.29 is 9.53 Å². The van der Waals surface area contributed by atoms with Crippen LogP contribution in [0.4, 0.5) is 0 Å². The van der Waals surface area contributed by atoms with Crippen LogP contribution in [-0.2, 0) is 4.79 Å². The van der Waals surface area contributed by atoms with Gasteiger partial charge in [-0.05, 0) is 24.6 Å². The average molecular weight is 257 g/mol. The fourth-order valence-electron chi connectivity index (χ4n) is 1.12. The zero-order valence-corrected chi connectivity index (χ0v) is 10.2. The van der Waals surface area contributed by atoms with E-state index in [1.165, 1.54) is 0 Å². The first kappa shape index (κ1) is 12.9. The summed E-state index contributed by atoms with van der Waals surface area (Å²) in [5.41, 5.74) is 0.901. The van der Waals surface area contributed by atoms with E-state index in [4.69, 9.17) is 34.4 Å². The largest absolute Gasteiger partial charge is 0.423 e. The lowest BCUT2D eigenvalue weighted by Crippen LogP contribution is -2.08. The molecule has 0 aliphatic carbocycles. The summed E-state index contributed by atoms with van der Waals surface area (Å²) in [6, 6.07) is 3.36. The molecule has 0 aromatic heterocycles. The van der Waals surface area contributed by atoms with Crippen molar-refractivity contribution in [3.05, 3.63) is 27.7 Å². The number of terminal acetylenes is 1. The summed E-state index contributed by atoms with van der Waals surface area (Å²) in [6.45, 7) is 1.85. The molecule has 0 unspecified atom stereocenters. The van der Waals surface area contributed by atoms with E-state index in [9.17, 15) is 4.79 Å². The van der Waals surface area contributed by atoms with Crippen LogP contribution in [-0.4, -0.2) is 5.97 Å². The van der Waals surface area contributed by atoms with Crippen LogP contribution in [0.2, 0.25) is 10.0 Å². The molecular weight excluding hydrogens is 247 g/mol. The van der Waals surface area contributed by atoms with Crippen molar-refractivity contribution >= 4 is 29.2 Å². The fraction of sp³-hybridized carbons (Fsp3) is 0.250. The summed E-state index contributed by atoms with van der Waals surface area (Å²) < 4.78 is 5.03. The Morgan fingerprint density at radius 3 is 2.50 bits per heavy atom. The molecule has 0 fully saturated rings. The van der Waals surface area contributed by atoms with Gasteiger partial charge in [-0.25, -0.2) is 0 Å². The second-order valence-corrected chi connectivity index (χ2v) is 4.05. The summed E-state index contributed by atoms with van der Waals surface area (Å²) >= 11 is 11.8. The highest BCUT2D eigenvalue weighted by Gasteiger charge is 2.12. The highest BCUT2D eigenvalue weighted by molar-refractivity contribution is 6.37. The van der Waals surface area contributed by atoms with Gasteiger partial charge in [-0.15, -0.1) is 12.3 Å². The van der Waals surface area contributed by atoms with Gasteiger partial charge < -0.3 is 4.74 Å². The number of hydrogen-bond acceptors (Lipinski definition) is 2. The number of carbonyl (C=O) groups excluding carboxylic acids is 1. The molecule has 1 aromatic rings. The Morgan fingerprint density at radius 1 is 1.44 bits per heavy atom. The fourth-order valence-corrected chi connectivity index (χ4v) is 1.80. The number of esters is 1. The zero-order valence-electron chi connectivity index (χ0n) is 8.72. The van der Waals surface area contributed by atoms with E-state index < -0.39 is 5.97 Å². The molecule has 4 heteroatoms. The van der Waals surface area contributed by atoms with E-state index in [2.05, 4.69) is 5.92 Å². The number of aryl methyl sites for hydroxylation is 1. The van der Waals surface area contributed by atoms with Gasteiger partial charge >= 0.3 is 5.97 Å². The zero-order chi connectivity index (χ0) is 12.1. The van der Waals surface area contributed by atoms with E-state index in [0.717, 1.165) is 5.56 Å². The first-order valence-corrected chi connectivity index (χ1v) is 5.40. The minimum atomic E-state index is -0.439. The molecule has 0 amide bonds. The Labute approximate surface area is 105 Å². The average Bonchev–Trinajstić information content (AvgIpc) is 2.20. The van der Waals surface area contributed by atoms with Crippen LogP contribution in [0.1, 0.15) is 18.4 Å². The Hall–Kier alpha value is -1.17. The molecule has 2 nitrogen and oxygen atoms in total. The topological polar surface area (TPSA) is 26.3 Å². The molecule has 0 aliphatic rings. The maximum absolute atomic E-state index is 11.3. The summed E-state index contributed by atoms with van der Waals surface area (Å²) in [4.78, 5) is 11.3. The molecule has 1 aromatic carbocycles. The van der Waals surface area contributed by atoms with Gasteiger partial charge in [0.2, 0.25) is 0 Å². The Balaban J connectivity index is 2.82. The Bertz CT molecular complexity index is 424. The second-order valence-electron chi connectivity index (χ2n) is 3.24. The SMILES string of the molecule is C#CCCC(=O)Oc1c(Cl)cc(C)cc1Cl. The Kier molecular flexibility index (Phi) is 4.67. The predicted molar refractivity (Wildman–Crippen MR) is 64.9 cm³/mol. The van der Waals surface area contributed by atoms with E-state index in [1.807, 2.05) is 6.92 Å². The molecule has 0 heterocycles. The predicted octanol–water partition coefficient (Wildman–Crippen LogP) is 3.62. The van der Waals surface area contributed by atoms with E-state index in [-0.39, 0.29) is 12.2 Å². The van der Waals surface area contributed by atoms with Crippen LogP contribution in [0.25, 0.3) is 0 Å². The molecule has 0 saturated heterocycles. The van der Waals surface area contributed by atoms with Crippen molar-refractivity contribution in [2.45, 2.75) is 19.8 Å². The first-order chi connectivity index (χ1) is 7.54. The van der Waals surface area contributed by atoms with Gasteiger partial charge in [0, 0.05) is 6.42 Å². The highest BCUT2D eigenvalue weighted by Crippen LogP contribution is 2.34. The smallest absolute Gasteiger partial charge is 0.312 e. The lowest BCUT2D eigenvalue weighted by atomic mass is 10.2. The van der Waals surface area contributed by atoms with E-state index in [0.29, 0.717) is 16.5 Å². The third-order valence-corrected chi connectivity index (χ3v) is 2.39. The van der Waals surface area contributed by atoms with E-state index >= 15 is 0 Å². The lowest BCUT2D eigenvalue weighted by Gasteiger charge is -2.08. The Morgan fingerprint density at radius 2 is 2.00 bits per heavy atom. The van der Waals surface area contributed by atoms with Crippen molar-refractivity contribution in [2.24, 2.45) is 0 Å². The monoisotopic (exact) mass is 256 g/mol. The van der Waals surface area contributed by atoms with Crippen molar-refractivity contribution in [3.8, 4) is 18.1 Å². The van der Waals surface area contributed by atoms with Crippen LogP contribution in [0, 0.1) is 19.3 Å². The maximum Gasteiger partial charge on any atom is 0.312 e. The molecule has 0 aliphatic heterocycles. The van der Waals surface area contributed by atoms with Crippen LogP contribution in [0.3, 0.4) is 0 Å². The highest BCUT2D eigenvalue weighted by atomic mass is 35.5. The van der Waals surface area contributed by atoms with Crippen LogP contribution in [0.15, 0.2) is 12.1 Å². The molecule has 84 valence electrons. The molecular formula is C12H10Cl2O2. The third kappa shape index (κ3) is 3.44. The van der Waals surface area contributed by atoms with Crippen molar-refractivity contribution in [3.63, 3.8) is 0 Å². The number of rotatable bonds is 3. The van der Waals surface area contributed by atoms with Crippen molar-refractivity contribution in [1.82, 2.24) is 0 Å². The van der Waals surface area contributed by atoms with Crippen LogP contribution >= 0.6 is 23.2 Å². The molecule has 0 N–H and O–H groups in total. The van der Waals surface area contributed by atoms with Gasteiger partial charge in [-0.1, -0.05) is 23.2 Å². The summed E-state index contributed by atoms with van der Waals surface area (Å²) in [7, 11) is 0. The number of hydrogen-bond donors (Lipinski definition) is 0. The van der Waals surface area contributed by atoms with Crippen LogP contribution < -0.4 is 4.74 Å². The molecule has 0 radical (unpaired) electrons. The molecule has 0 atom stereocenters. The molecule has 1 rings (SSSR count).